The Balaban J connectivity index is 1.28. The molecule has 1 aromatic carbocycles. The van der Waals surface area contributed by atoms with Crippen LogP contribution in [0.25, 0.3) is 0 Å². The third-order valence-corrected chi connectivity index (χ3v) is 9.90. The number of aromatic nitrogens is 3. The Hall–Kier alpha value is -6.13. The van der Waals surface area contributed by atoms with E-state index in [4.69, 9.17) is 0 Å². The fourth-order valence-corrected chi connectivity index (χ4v) is 6.47. The number of amides is 7. The highest BCUT2D eigenvalue weighted by Crippen LogP contribution is 2.33. The van der Waals surface area contributed by atoms with Gasteiger partial charge in [-0.2, -0.15) is 4.98 Å². The molecule has 7 amide bonds. The molecule has 0 bridgehead atoms. The fourth-order valence-electron chi connectivity index (χ4n) is 6.47. The maximum Gasteiger partial charge on any atom is 0.330 e. The summed E-state index contributed by atoms with van der Waals surface area (Å²) in [6, 6.07) is 6.54. The number of pyridine rings is 1. The van der Waals surface area contributed by atoms with Crippen molar-refractivity contribution in [3.8, 4) is 0 Å². The first-order valence-corrected chi connectivity index (χ1v) is 18.5. The van der Waals surface area contributed by atoms with Crippen LogP contribution in [0.4, 0.5) is 27.9 Å². The molecule has 1 saturated heterocycles. The quantitative estimate of drug-likeness (QED) is 0.212. The first-order chi connectivity index (χ1) is 26.4. The average molecular weight is 770 g/mol. The Morgan fingerprint density at radius 3 is 2.41 bits per heavy atom. The second-order valence-corrected chi connectivity index (χ2v) is 15.3. The lowest BCUT2D eigenvalue weighted by molar-refractivity contribution is -0.142. The predicted molar refractivity (Wildman–Crippen MR) is 210 cm³/mol. The number of urea groups is 1. The van der Waals surface area contributed by atoms with Gasteiger partial charge < -0.3 is 31.1 Å². The number of nitrogens with zero attached hydrogens (tertiary/aromatic N) is 7. The Bertz CT molecular complexity index is 2020. The van der Waals surface area contributed by atoms with Gasteiger partial charge in [0.25, 0.3) is 5.91 Å². The van der Waals surface area contributed by atoms with Gasteiger partial charge in [-0.25, -0.2) is 9.78 Å². The van der Waals surface area contributed by atoms with Crippen molar-refractivity contribution in [2.24, 2.45) is 5.92 Å². The Morgan fingerprint density at radius 1 is 1.02 bits per heavy atom. The highest BCUT2D eigenvalue weighted by Gasteiger charge is 2.41. The topological polar surface area (TPSA) is 202 Å². The zero-order valence-corrected chi connectivity index (χ0v) is 33.4. The molecule has 4 N–H and O–H groups in total. The number of hydrogen-bond acceptors (Lipinski definition) is 10. The molecular weight excluding hydrogens is 718 g/mol. The zero-order valence-electron chi connectivity index (χ0n) is 33.4. The predicted octanol–water partition coefficient (Wildman–Crippen LogP) is 2.65. The Labute approximate surface area is 326 Å². The number of likely N-dealkylation sites (N-methyl/N-ethyl adjacent to an activating group) is 1. The number of carbonyl (C=O) groups excluding carboxylic acids is 6. The number of benzene rings is 1. The Kier molecular flexibility index (Phi) is 12.2. The minimum absolute atomic E-state index is 0.162. The number of fused-ring (bicyclic) bond motifs is 1. The van der Waals surface area contributed by atoms with Gasteiger partial charge in [-0.3, -0.25) is 38.8 Å². The smallest absolute Gasteiger partial charge is 0.330 e. The molecule has 0 aliphatic carbocycles. The van der Waals surface area contributed by atoms with Crippen LogP contribution in [0.15, 0.2) is 42.7 Å². The van der Waals surface area contributed by atoms with Gasteiger partial charge in [-0.1, -0.05) is 19.9 Å². The second kappa shape index (κ2) is 16.7. The van der Waals surface area contributed by atoms with E-state index < -0.39 is 41.3 Å². The maximum atomic E-state index is 14.0. The average Bonchev–Trinajstić information content (AvgIpc) is 3.65. The third-order valence-electron chi connectivity index (χ3n) is 9.90. The van der Waals surface area contributed by atoms with E-state index in [0.29, 0.717) is 48.1 Å². The number of hydrogen-bond donors (Lipinski definition) is 4. The molecule has 17 nitrogen and oxygen atoms in total. The standard InChI is InChI=1S/C39H51N11O6/c1-22(2)31(35(54)49-16-10-11-28(49)34(53)46-39(5,6)36(55)41-20-30(51)47(7)8)44-33(52)25-14-12-23(3)29(17-25)50-21-26-18-42-37(45-32(26)48(9)38(50)56)43-27-15-13-24(4)40-19-27/h12-15,17-19,22,28,31H,10-11,16,20-21H2,1-9H3,(H,41,55)(H,44,52)(H,46,53)(H,42,43,45)/t28-,31-/m0/s1. The molecule has 5 rings (SSSR count). The molecule has 298 valence electrons. The van der Waals surface area contributed by atoms with E-state index in [1.54, 1.807) is 70.5 Å². The molecule has 4 heterocycles. The van der Waals surface area contributed by atoms with Gasteiger partial charge in [0.05, 0.1) is 25.0 Å². The molecule has 2 atom stereocenters. The molecule has 2 aliphatic rings. The summed E-state index contributed by atoms with van der Waals surface area (Å²) >= 11 is 0. The van der Waals surface area contributed by atoms with Crippen LogP contribution in [0.2, 0.25) is 0 Å². The molecule has 0 saturated carbocycles. The van der Waals surface area contributed by atoms with Crippen molar-refractivity contribution in [1.82, 2.24) is 40.7 Å². The molecule has 2 aromatic heterocycles. The SMILES string of the molecule is Cc1ccc(Nc2ncc3c(n2)N(C)C(=O)N(c2cc(C(=O)N[C@H](C(=O)N4CCC[C@H]4C(=O)NC(C)(C)C(=O)NCC(=O)N(C)C)C(C)C)ccc2C)C3)cn1. The van der Waals surface area contributed by atoms with Crippen molar-refractivity contribution >= 4 is 58.7 Å². The molecule has 3 aromatic rings. The van der Waals surface area contributed by atoms with Crippen molar-refractivity contribution in [2.45, 2.75) is 78.6 Å². The van der Waals surface area contributed by atoms with Crippen LogP contribution in [0.3, 0.4) is 0 Å². The van der Waals surface area contributed by atoms with Gasteiger partial charge in [0.15, 0.2) is 0 Å². The highest BCUT2D eigenvalue weighted by atomic mass is 16.2. The first kappa shape index (κ1) is 41.0. The first-order valence-electron chi connectivity index (χ1n) is 18.5. The van der Waals surface area contributed by atoms with E-state index >= 15 is 0 Å². The number of rotatable bonds is 12. The summed E-state index contributed by atoms with van der Waals surface area (Å²) in [7, 11) is 4.77. The molecule has 0 radical (unpaired) electrons. The molecule has 1 fully saturated rings. The molecule has 2 aliphatic heterocycles. The van der Waals surface area contributed by atoms with Crippen molar-refractivity contribution in [3.05, 3.63) is 65.1 Å². The van der Waals surface area contributed by atoms with Crippen molar-refractivity contribution in [2.75, 3.05) is 49.3 Å². The zero-order chi connectivity index (χ0) is 41.1. The van der Waals surface area contributed by atoms with Crippen molar-refractivity contribution < 1.29 is 28.8 Å². The lowest BCUT2D eigenvalue weighted by Gasteiger charge is -2.35. The van der Waals surface area contributed by atoms with E-state index in [2.05, 4.69) is 36.2 Å². The number of carbonyl (C=O) groups is 6. The van der Waals surface area contributed by atoms with Gasteiger partial charge in [0.2, 0.25) is 29.6 Å². The lowest BCUT2D eigenvalue weighted by Crippen LogP contribution is -2.60. The van der Waals surface area contributed by atoms with E-state index in [-0.39, 0.29) is 36.5 Å². The van der Waals surface area contributed by atoms with Crippen LogP contribution in [0.1, 0.15) is 67.7 Å². The van der Waals surface area contributed by atoms with Gasteiger partial charge in [0.1, 0.15) is 23.4 Å². The van der Waals surface area contributed by atoms with Gasteiger partial charge in [-0.15, -0.1) is 0 Å². The van der Waals surface area contributed by atoms with Crippen LogP contribution >= 0.6 is 0 Å². The number of nitrogens with one attached hydrogen (secondary N) is 4. The van der Waals surface area contributed by atoms with Gasteiger partial charge in [-0.05, 0) is 76.3 Å². The number of aryl methyl sites for hydroxylation is 2. The van der Waals surface area contributed by atoms with E-state index in [1.165, 1.54) is 28.5 Å². The summed E-state index contributed by atoms with van der Waals surface area (Å²) in [4.78, 5) is 99.1. The minimum Gasteiger partial charge on any atom is -0.347 e. The largest absolute Gasteiger partial charge is 0.347 e. The van der Waals surface area contributed by atoms with Crippen LogP contribution in [-0.4, -0.2) is 112 Å². The van der Waals surface area contributed by atoms with Crippen LogP contribution in [0, 0.1) is 19.8 Å². The highest BCUT2D eigenvalue weighted by molar-refractivity contribution is 6.07. The van der Waals surface area contributed by atoms with Gasteiger partial charge in [0, 0.05) is 56.4 Å². The molecule has 56 heavy (non-hydrogen) atoms. The summed E-state index contributed by atoms with van der Waals surface area (Å²) in [5.74, 6) is -1.88. The Morgan fingerprint density at radius 2 is 1.75 bits per heavy atom. The molecular formula is C39H51N11O6. The summed E-state index contributed by atoms with van der Waals surface area (Å²) in [5.41, 5.74) is 2.41. The van der Waals surface area contributed by atoms with Crippen LogP contribution < -0.4 is 31.1 Å². The summed E-state index contributed by atoms with van der Waals surface area (Å²) < 4.78 is 0. The third kappa shape index (κ3) is 9.04. The van der Waals surface area contributed by atoms with Gasteiger partial charge >= 0.3 is 6.03 Å². The summed E-state index contributed by atoms with van der Waals surface area (Å²) in [6.45, 7) is 10.6. The minimum atomic E-state index is -1.37. The van der Waals surface area contributed by atoms with E-state index in [0.717, 1.165) is 11.3 Å². The summed E-state index contributed by atoms with van der Waals surface area (Å²) in [6.07, 6.45) is 4.27. The van der Waals surface area contributed by atoms with Crippen molar-refractivity contribution in [3.63, 3.8) is 0 Å². The van der Waals surface area contributed by atoms with Crippen LogP contribution in [-0.2, 0) is 25.7 Å². The maximum absolute atomic E-state index is 14.0. The number of anilines is 4. The molecule has 0 spiro atoms. The number of likely N-dealkylation sites (tertiary alicyclic amines) is 1. The second-order valence-electron chi connectivity index (χ2n) is 15.3. The fraction of sp³-hybridized carbons (Fsp3) is 0.462. The van der Waals surface area contributed by atoms with Crippen LogP contribution in [0.5, 0.6) is 0 Å². The lowest BCUT2D eigenvalue weighted by atomic mass is 10.00. The van der Waals surface area contributed by atoms with E-state index in [1.807, 2.05) is 26.0 Å². The van der Waals surface area contributed by atoms with Crippen molar-refractivity contribution in [1.29, 1.82) is 0 Å². The van der Waals surface area contributed by atoms with E-state index in [9.17, 15) is 28.8 Å². The summed E-state index contributed by atoms with van der Waals surface area (Å²) in [5, 5.41) is 11.3. The normalized spacial score (nSPS) is 15.9. The molecule has 17 heteroatoms. The molecule has 0 unspecified atom stereocenters. The monoisotopic (exact) mass is 769 g/mol.